The lowest BCUT2D eigenvalue weighted by Crippen LogP contribution is -2.24. The van der Waals surface area contributed by atoms with Gasteiger partial charge in [-0.05, 0) is 35.7 Å². The van der Waals surface area contributed by atoms with Gasteiger partial charge in [0.2, 0.25) is 0 Å². The molecule has 0 spiro atoms. The van der Waals surface area contributed by atoms with E-state index in [9.17, 15) is 13.2 Å². The van der Waals surface area contributed by atoms with Gasteiger partial charge in [0, 0.05) is 12.3 Å². The molecular formula is C14H27O4S2+. The first-order chi connectivity index (χ1) is 9.41. The first-order valence-corrected chi connectivity index (χ1v) is 10.6. The molecule has 1 saturated heterocycles. The van der Waals surface area contributed by atoms with Crippen LogP contribution in [0.1, 0.15) is 58.8 Å². The van der Waals surface area contributed by atoms with Gasteiger partial charge in [-0.2, -0.15) is 8.42 Å². The van der Waals surface area contributed by atoms with Crippen LogP contribution in [0.15, 0.2) is 0 Å². The lowest BCUT2D eigenvalue weighted by atomic mass is 10.0. The van der Waals surface area contributed by atoms with Crippen molar-refractivity contribution in [2.75, 3.05) is 17.3 Å². The van der Waals surface area contributed by atoms with E-state index in [0.717, 1.165) is 37.2 Å². The van der Waals surface area contributed by atoms with Crippen molar-refractivity contribution in [3.8, 4) is 0 Å². The highest BCUT2D eigenvalue weighted by molar-refractivity contribution is 8.02. The first-order valence-electron chi connectivity index (χ1n) is 7.53. The Hall–Kier alpha value is -0.0700. The van der Waals surface area contributed by atoms with Gasteiger partial charge < -0.3 is 0 Å². The standard InChI is InChI=1S/C14H27O4S2/c1-13(2)14(15)9-5-3-8-12-20(16,17)18-19-10-6-4-7-11-19/h13H,3-12H2,1-2H3/q+1. The number of unbranched alkanes of at least 4 members (excludes halogenated alkanes) is 2. The van der Waals surface area contributed by atoms with Gasteiger partial charge in [0.15, 0.2) is 11.2 Å². The zero-order valence-electron chi connectivity index (χ0n) is 12.6. The lowest BCUT2D eigenvalue weighted by Gasteiger charge is -2.11. The normalized spacial score (nSPS) is 17.6. The molecule has 1 aliphatic heterocycles. The maximum Gasteiger partial charge on any atom is 0.311 e. The Kier molecular flexibility index (Phi) is 8.14. The van der Waals surface area contributed by atoms with Crippen LogP contribution < -0.4 is 0 Å². The Morgan fingerprint density at radius 1 is 1.10 bits per heavy atom. The molecule has 1 heterocycles. The van der Waals surface area contributed by atoms with Gasteiger partial charge in [0.1, 0.15) is 17.3 Å². The summed E-state index contributed by atoms with van der Waals surface area (Å²) in [6.45, 7) is 3.79. The highest BCUT2D eigenvalue weighted by atomic mass is 32.3. The Bertz CT molecular complexity index is 384. The Balaban J connectivity index is 2.14. The second-order valence-electron chi connectivity index (χ2n) is 5.67. The summed E-state index contributed by atoms with van der Waals surface area (Å²) in [5.41, 5.74) is 0. The molecule has 4 nitrogen and oxygen atoms in total. The molecule has 0 aromatic heterocycles. The fourth-order valence-corrected chi connectivity index (χ4v) is 5.90. The van der Waals surface area contributed by atoms with Crippen molar-refractivity contribution < 1.29 is 16.8 Å². The Morgan fingerprint density at radius 2 is 1.75 bits per heavy atom. The van der Waals surface area contributed by atoms with Crippen molar-refractivity contribution in [3.05, 3.63) is 0 Å². The van der Waals surface area contributed by atoms with E-state index in [0.29, 0.717) is 12.8 Å². The molecule has 0 aliphatic carbocycles. The maximum absolute atomic E-state index is 11.8. The van der Waals surface area contributed by atoms with E-state index >= 15 is 0 Å². The third-order valence-corrected chi connectivity index (χ3v) is 7.28. The topological polar surface area (TPSA) is 60.4 Å². The maximum atomic E-state index is 11.8. The van der Waals surface area contributed by atoms with Gasteiger partial charge in [0.05, 0.1) is 5.75 Å². The summed E-state index contributed by atoms with van der Waals surface area (Å²) in [5.74, 6) is 2.21. The number of rotatable bonds is 9. The molecule has 1 fully saturated rings. The minimum atomic E-state index is -3.37. The molecule has 20 heavy (non-hydrogen) atoms. The largest absolute Gasteiger partial charge is 0.311 e. The number of Topliss-reactive ketones (excluding diaryl/α,β-unsaturated/α-hetero) is 1. The van der Waals surface area contributed by atoms with Gasteiger partial charge >= 0.3 is 10.1 Å². The molecule has 0 amide bonds. The van der Waals surface area contributed by atoms with Crippen LogP contribution in [-0.4, -0.2) is 31.5 Å². The highest BCUT2D eigenvalue weighted by Crippen LogP contribution is 2.18. The molecule has 0 saturated carbocycles. The van der Waals surface area contributed by atoms with Crippen LogP contribution in [0.2, 0.25) is 0 Å². The molecule has 0 aromatic carbocycles. The number of hydrogen-bond donors (Lipinski definition) is 0. The predicted octanol–water partition coefficient (Wildman–Crippen LogP) is 2.84. The molecule has 6 heteroatoms. The molecule has 0 radical (unpaired) electrons. The Morgan fingerprint density at radius 3 is 2.35 bits per heavy atom. The molecule has 0 unspecified atom stereocenters. The van der Waals surface area contributed by atoms with Gasteiger partial charge in [-0.25, -0.2) is 0 Å². The second kappa shape index (κ2) is 9.05. The molecule has 0 atom stereocenters. The fraction of sp³-hybridized carbons (Fsp3) is 0.929. The van der Waals surface area contributed by atoms with Crippen LogP contribution in [0.3, 0.4) is 0 Å². The summed E-state index contributed by atoms with van der Waals surface area (Å²) in [5, 5.41) is 0. The van der Waals surface area contributed by atoms with Crippen LogP contribution in [0.25, 0.3) is 0 Å². The average molecular weight is 324 g/mol. The highest BCUT2D eigenvalue weighted by Gasteiger charge is 2.30. The first kappa shape index (κ1) is 18.0. The van der Waals surface area contributed by atoms with Crippen molar-refractivity contribution in [2.24, 2.45) is 5.92 Å². The van der Waals surface area contributed by atoms with Crippen LogP contribution >= 0.6 is 0 Å². The van der Waals surface area contributed by atoms with Gasteiger partial charge in [-0.1, -0.05) is 20.3 Å². The SMILES string of the molecule is CC(C)C(=O)CCCCCS(=O)(=O)O[S+]1CCCCC1. The van der Waals surface area contributed by atoms with E-state index in [4.69, 9.17) is 3.63 Å². The number of carbonyl (C=O) groups excluding carboxylic acids is 1. The third-order valence-electron chi connectivity index (χ3n) is 3.41. The molecular weight excluding hydrogens is 296 g/mol. The lowest BCUT2D eigenvalue weighted by molar-refractivity contribution is -0.122. The van der Waals surface area contributed by atoms with E-state index in [1.165, 1.54) is 6.42 Å². The van der Waals surface area contributed by atoms with Crippen molar-refractivity contribution in [1.29, 1.82) is 0 Å². The van der Waals surface area contributed by atoms with Gasteiger partial charge in [-0.3, -0.25) is 4.79 Å². The van der Waals surface area contributed by atoms with Gasteiger partial charge in [-0.15, -0.1) is 0 Å². The quantitative estimate of drug-likeness (QED) is 0.483. The Labute approximate surface area is 126 Å². The number of ketones is 1. The van der Waals surface area contributed by atoms with Crippen molar-refractivity contribution in [1.82, 2.24) is 0 Å². The van der Waals surface area contributed by atoms with Crippen molar-refractivity contribution in [3.63, 3.8) is 0 Å². The molecule has 0 aromatic rings. The summed E-state index contributed by atoms with van der Waals surface area (Å²) in [6, 6.07) is 0. The van der Waals surface area contributed by atoms with E-state index in [2.05, 4.69) is 0 Å². The van der Waals surface area contributed by atoms with Crippen LogP contribution in [0.4, 0.5) is 0 Å². The number of carbonyl (C=O) groups is 1. The van der Waals surface area contributed by atoms with E-state index in [-0.39, 0.29) is 28.6 Å². The van der Waals surface area contributed by atoms with Crippen molar-refractivity contribution >= 4 is 27.1 Å². The summed E-state index contributed by atoms with van der Waals surface area (Å²) < 4.78 is 28.9. The minimum Gasteiger partial charge on any atom is -0.299 e. The summed E-state index contributed by atoms with van der Waals surface area (Å²) >= 11 is -0.377. The summed E-state index contributed by atoms with van der Waals surface area (Å²) in [6.07, 6.45) is 6.05. The second-order valence-corrected chi connectivity index (χ2v) is 9.43. The average Bonchev–Trinajstić information content (AvgIpc) is 2.38. The monoisotopic (exact) mass is 323 g/mol. The smallest absolute Gasteiger partial charge is 0.299 e. The predicted molar refractivity (Wildman–Crippen MR) is 84.1 cm³/mol. The van der Waals surface area contributed by atoms with Crippen LogP contribution in [0, 0.1) is 5.92 Å². The van der Waals surface area contributed by atoms with Crippen molar-refractivity contribution in [2.45, 2.75) is 58.8 Å². The molecule has 118 valence electrons. The molecule has 1 rings (SSSR count). The van der Waals surface area contributed by atoms with E-state index in [1.807, 2.05) is 13.8 Å². The summed E-state index contributed by atoms with van der Waals surface area (Å²) in [7, 11) is -3.37. The van der Waals surface area contributed by atoms with E-state index < -0.39 is 10.1 Å². The molecule has 0 N–H and O–H groups in total. The zero-order chi connectivity index (χ0) is 15.0. The van der Waals surface area contributed by atoms with E-state index in [1.54, 1.807) is 0 Å². The van der Waals surface area contributed by atoms with Crippen LogP contribution in [-0.2, 0) is 29.7 Å². The third kappa shape index (κ3) is 7.64. The summed E-state index contributed by atoms with van der Waals surface area (Å²) in [4.78, 5) is 11.4. The zero-order valence-corrected chi connectivity index (χ0v) is 14.2. The fourth-order valence-electron chi connectivity index (χ4n) is 2.10. The minimum absolute atomic E-state index is 0.0783. The van der Waals surface area contributed by atoms with Gasteiger partial charge in [0.25, 0.3) is 0 Å². The van der Waals surface area contributed by atoms with Crippen LogP contribution in [0.5, 0.6) is 0 Å². The number of hydrogen-bond acceptors (Lipinski definition) is 4. The molecule has 0 bridgehead atoms. The molecule has 1 aliphatic rings.